The Morgan fingerprint density at radius 3 is 2.44 bits per heavy atom. The van der Waals surface area contributed by atoms with Gasteiger partial charge < -0.3 is 15.2 Å². The lowest BCUT2D eigenvalue weighted by molar-refractivity contribution is 0.102. The number of anilines is 1. The van der Waals surface area contributed by atoms with Gasteiger partial charge >= 0.3 is 0 Å². The van der Waals surface area contributed by atoms with Crippen molar-refractivity contribution in [1.29, 1.82) is 0 Å². The Morgan fingerprint density at radius 1 is 1.19 bits per heavy atom. The van der Waals surface area contributed by atoms with E-state index in [2.05, 4.69) is 5.32 Å². The Bertz CT molecular complexity index is 943. The molecule has 0 aliphatic rings. The summed E-state index contributed by atoms with van der Waals surface area (Å²) in [5.74, 6) is -0.604. The van der Waals surface area contributed by atoms with Crippen LogP contribution >= 0.6 is 11.6 Å². The zero-order chi connectivity index (χ0) is 20.2. The number of nitrogens with zero attached hydrogens (tertiary/aromatic N) is 1. The highest BCUT2D eigenvalue weighted by molar-refractivity contribution is 7.89. The number of ether oxygens (including phenoxy) is 1. The first-order valence-electron chi connectivity index (χ1n) is 8.22. The topological polar surface area (TPSA) is 95.9 Å². The second kappa shape index (κ2) is 8.60. The third kappa shape index (κ3) is 4.52. The molecule has 0 aliphatic carbocycles. The molecule has 0 fully saturated rings. The SMILES string of the molecule is CCN(CC)S(=O)(=O)c1cc(C(=O)Nc2cc(Cl)ccc2O)ccc1OC. The molecule has 0 atom stereocenters. The Balaban J connectivity index is 2.44. The summed E-state index contributed by atoms with van der Waals surface area (Å²) in [4.78, 5) is 12.5. The molecule has 146 valence electrons. The van der Waals surface area contributed by atoms with Gasteiger partial charge in [-0.1, -0.05) is 25.4 Å². The Morgan fingerprint density at radius 2 is 1.85 bits per heavy atom. The number of benzene rings is 2. The van der Waals surface area contributed by atoms with Gasteiger partial charge in [0.1, 0.15) is 16.4 Å². The number of phenols is 1. The van der Waals surface area contributed by atoms with Crippen LogP contribution in [0, 0.1) is 0 Å². The van der Waals surface area contributed by atoms with Crippen molar-refractivity contribution in [1.82, 2.24) is 4.31 Å². The fraction of sp³-hybridized carbons (Fsp3) is 0.278. The van der Waals surface area contributed by atoms with Crippen LogP contribution in [0.5, 0.6) is 11.5 Å². The largest absolute Gasteiger partial charge is 0.506 e. The number of nitrogens with one attached hydrogen (secondary N) is 1. The molecule has 2 aromatic carbocycles. The van der Waals surface area contributed by atoms with Crippen molar-refractivity contribution in [3.05, 3.63) is 47.0 Å². The van der Waals surface area contributed by atoms with Crippen LogP contribution in [-0.2, 0) is 10.0 Å². The van der Waals surface area contributed by atoms with Gasteiger partial charge in [0.15, 0.2) is 0 Å². The lowest BCUT2D eigenvalue weighted by Gasteiger charge is -2.20. The predicted molar refractivity (Wildman–Crippen MR) is 104 cm³/mol. The summed E-state index contributed by atoms with van der Waals surface area (Å²) >= 11 is 5.87. The molecule has 0 spiro atoms. The summed E-state index contributed by atoms with van der Waals surface area (Å²) in [6, 6.07) is 8.34. The number of sulfonamides is 1. The molecule has 2 aromatic rings. The van der Waals surface area contributed by atoms with Crippen LogP contribution in [0.3, 0.4) is 0 Å². The predicted octanol–water partition coefficient (Wildman–Crippen LogP) is 3.34. The average molecular weight is 413 g/mol. The van der Waals surface area contributed by atoms with E-state index >= 15 is 0 Å². The molecule has 2 rings (SSSR count). The van der Waals surface area contributed by atoms with Crippen molar-refractivity contribution in [3.63, 3.8) is 0 Å². The van der Waals surface area contributed by atoms with Gasteiger partial charge in [-0.25, -0.2) is 8.42 Å². The van der Waals surface area contributed by atoms with Gasteiger partial charge in [-0.15, -0.1) is 0 Å². The fourth-order valence-corrected chi connectivity index (χ4v) is 4.34. The number of rotatable bonds is 7. The van der Waals surface area contributed by atoms with E-state index in [0.717, 1.165) is 0 Å². The first-order chi connectivity index (χ1) is 12.7. The number of hydrogen-bond acceptors (Lipinski definition) is 5. The maximum atomic E-state index is 12.9. The number of phenolic OH excluding ortho intramolecular Hbond substituents is 1. The van der Waals surface area contributed by atoms with Crippen LogP contribution in [0.25, 0.3) is 0 Å². The number of amides is 1. The monoisotopic (exact) mass is 412 g/mol. The Labute approximate surface area is 163 Å². The molecule has 1 amide bonds. The molecular weight excluding hydrogens is 392 g/mol. The van der Waals surface area contributed by atoms with Gasteiger partial charge in [-0.3, -0.25) is 4.79 Å². The van der Waals surface area contributed by atoms with E-state index in [1.54, 1.807) is 13.8 Å². The quantitative estimate of drug-likeness (QED) is 0.680. The van der Waals surface area contributed by atoms with Crippen LogP contribution in [0.1, 0.15) is 24.2 Å². The molecule has 27 heavy (non-hydrogen) atoms. The number of aromatic hydroxyl groups is 1. The van der Waals surface area contributed by atoms with Crippen molar-refractivity contribution in [3.8, 4) is 11.5 Å². The number of carbonyl (C=O) groups excluding carboxylic acids is 1. The molecule has 0 heterocycles. The maximum Gasteiger partial charge on any atom is 0.255 e. The van der Waals surface area contributed by atoms with E-state index in [9.17, 15) is 18.3 Å². The van der Waals surface area contributed by atoms with E-state index in [1.165, 1.54) is 47.8 Å². The molecule has 9 heteroatoms. The Kier molecular flexibility index (Phi) is 6.69. The molecule has 0 saturated heterocycles. The van der Waals surface area contributed by atoms with Gasteiger partial charge in [-0.2, -0.15) is 4.31 Å². The summed E-state index contributed by atoms with van der Waals surface area (Å²) < 4.78 is 32.2. The van der Waals surface area contributed by atoms with Gasteiger partial charge in [0.25, 0.3) is 5.91 Å². The summed E-state index contributed by atoms with van der Waals surface area (Å²) in [5, 5.41) is 12.7. The van der Waals surface area contributed by atoms with Crippen molar-refractivity contribution in [2.45, 2.75) is 18.7 Å². The summed E-state index contributed by atoms with van der Waals surface area (Å²) in [5.41, 5.74) is 0.220. The minimum atomic E-state index is -3.83. The molecule has 0 aliphatic heterocycles. The number of halogens is 1. The van der Waals surface area contributed by atoms with E-state index in [0.29, 0.717) is 5.02 Å². The molecule has 0 unspecified atom stereocenters. The van der Waals surface area contributed by atoms with Crippen molar-refractivity contribution in [2.75, 3.05) is 25.5 Å². The highest BCUT2D eigenvalue weighted by atomic mass is 35.5. The number of hydrogen-bond donors (Lipinski definition) is 2. The highest BCUT2D eigenvalue weighted by Gasteiger charge is 2.27. The lowest BCUT2D eigenvalue weighted by Crippen LogP contribution is -2.31. The molecule has 2 N–H and O–H groups in total. The fourth-order valence-electron chi connectivity index (χ4n) is 2.53. The van der Waals surface area contributed by atoms with Gasteiger partial charge in [-0.05, 0) is 36.4 Å². The standard InChI is InChI=1S/C18H21ClN2O5S/c1-4-21(5-2)27(24,25)17-10-12(6-9-16(17)26-3)18(23)20-14-11-13(19)7-8-15(14)22/h6-11,22H,4-5H2,1-3H3,(H,20,23). The molecule has 0 radical (unpaired) electrons. The second-order valence-electron chi connectivity index (χ2n) is 5.57. The van der Waals surface area contributed by atoms with Gasteiger partial charge in [0, 0.05) is 23.7 Å². The van der Waals surface area contributed by atoms with E-state index < -0.39 is 15.9 Å². The summed E-state index contributed by atoms with van der Waals surface area (Å²) in [6.07, 6.45) is 0. The van der Waals surface area contributed by atoms with E-state index in [4.69, 9.17) is 16.3 Å². The van der Waals surface area contributed by atoms with E-state index in [-0.39, 0.29) is 40.7 Å². The third-order valence-electron chi connectivity index (χ3n) is 3.96. The van der Waals surface area contributed by atoms with Crippen molar-refractivity contribution >= 4 is 33.2 Å². The first kappa shape index (κ1) is 21.0. The van der Waals surface area contributed by atoms with Gasteiger partial charge in [0.05, 0.1) is 12.8 Å². The van der Waals surface area contributed by atoms with Crippen LogP contribution < -0.4 is 10.1 Å². The number of carbonyl (C=O) groups is 1. The molecule has 0 aromatic heterocycles. The molecular formula is C18H21ClN2O5S. The second-order valence-corrected chi connectivity index (χ2v) is 7.91. The zero-order valence-corrected chi connectivity index (χ0v) is 16.8. The summed E-state index contributed by atoms with van der Waals surface area (Å²) in [6.45, 7) is 4.03. The minimum Gasteiger partial charge on any atom is -0.506 e. The van der Waals surface area contributed by atoms with Crippen LogP contribution in [0.15, 0.2) is 41.3 Å². The average Bonchev–Trinajstić information content (AvgIpc) is 2.64. The van der Waals surface area contributed by atoms with Crippen LogP contribution in [-0.4, -0.2) is 43.9 Å². The third-order valence-corrected chi connectivity index (χ3v) is 6.26. The molecule has 7 nitrogen and oxygen atoms in total. The lowest BCUT2D eigenvalue weighted by atomic mass is 10.2. The Hall–Kier alpha value is -2.29. The summed E-state index contributed by atoms with van der Waals surface area (Å²) in [7, 11) is -2.47. The molecule has 0 saturated carbocycles. The smallest absolute Gasteiger partial charge is 0.255 e. The molecule has 0 bridgehead atoms. The number of methoxy groups -OCH3 is 1. The highest BCUT2D eigenvalue weighted by Crippen LogP contribution is 2.30. The van der Waals surface area contributed by atoms with Gasteiger partial charge in [0.2, 0.25) is 10.0 Å². The van der Waals surface area contributed by atoms with Crippen LogP contribution in [0.4, 0.5) is 5.69 Å². The normalized spacial score (nSPS) is 11.4. The van der Waals surface area contributed by atoms with E-state index in [1.807, 2.05) is 0 Å². The maximum absolute atomic E-state index is 12.9. The van der Waals surface area contributed by atoms with Crippen molar-refractivity contribution < 1.29 is 23.1 Å². The minimum absolute atomic E-state index is 0.0981. The zero-order valence-electron chi connectivity index (χ0n) is 15.2. The first-order valence-corrected chi connectivity index (χ1v) is 10.0. The van der Waals surface area contributed by atoms with Crippen LogP contribution in [0.2, 0.25) is 5.02 Å². The van der Waals surface area contributed by atoms with Crippen molar-refractivity contribution in [2.24, 2.45) is 0 Å².